The van der Waals surface area contributed by atoms with Crippen molar-refractivity contribution in [1.82, 2.24) is 5.32 Å². The number of nitrogens with zero attached hydrogens (tertiary/aromatic N) is 1. The summed E-state index contributed by atoms with van der Waals surface area (Å²) in [6, 6.07) is 13.9. The van der Waals surface area contributed by atoms with E-state index in [1.807, 2.05) is 43.3 Å². The zero-order chi connectivity index (χ0) is 18.8. The smallest absolute Gasteiger partial charge is 0.273 e. The van der Waals surface area contributed by atoms with E-state index < -0.39 is 17.8 Å². The largest absolute Gasteiger partial charge is 0.335 e. The number of carbonyl (C=O) groups is 3. The molecule has 3 rings (SSSR count). The third-order valence-electron chi connectivity index (χ3n) is 4.41. The zero-order valence-corrected chi connectivity index (χ0v) is 14.9. The van der Waals surface area contributed by atoms with Crippen LogP contribution >= 0.6 is 0 Å². The number of urea groups is 1. The van der Waals surface area contributed by atoms with Crippen molar-refractivity contribution < 1.29 is 14.4 Å². The van der Waals surface area contributed by atoms with Gasteiger partial charge in [0.25, 0.3) is 11.8 Å². The molecule has 0 atom stereocenters. The van der Waals surface area contributed by atoms with Crippen LogP contribution in [0.5, 0.6) is 0 Å². The Bertz CT molecular complexity index is 911. The molecule has 0 aliphatic carbocycles. The summed E-state index contributed by atoms with van der Waals surface area (Å²) < 4.78 is 0. The van der Waals surface area contributed by atoms with Gasteiger partial charge in [-0.05, 0) is 47.7 Å². The molecule has 1 saturated heterocycles. The van der Waals surface area contributed by atoms with Crippen molar-refractivity contribution in [3.05, 3.63) is 70.8 Å². The van der Waals surface area contributed by atoms with E-state index in [-0.39, 0.29) is 5.57 Å². The van der Waals surface area contributed by atoms with Crippen LogP contribution in [0.25, 0.3) is 6.08 Å². The Morgan fingerprint density at radius 2 is 1.62 bits per heavy atom. The van der Waals surface area contributed by atoms with Crippen LogP contribution in [0.15, 0.2) is 54.1 Å². The van der Waals surface area contributed by atoms with E-state index in [0.717, 1.165) is 21.6 Å². The van der Waals surface area contributed by atoms with E-state index in [1.54, 1.807) is 12.1 Å². The number of hydrogen-bond acceptors (Lipinski definition) is 3. The van der Waals surface area contributed by atoms with E-state index in [1.165, 1.54) is 6.08 Å². The van der Waals surface area contributed by atoms with Crippen LogP contribution in [-0.2, 0) is 9.59 Å². The SMILES string of the molecule is Cc1ccccc1/C=C1/C(=O)NC(=O)N(c2ccc(C(C)C)cc2)C1=O. The molecule has 0 bridgehead atoms. The maximum Gasteiger partial charge on any atom is 0.335 e. The minimum absolute atomic E-state index is 0.0631. The molecular formula is C21H20N2O3. The van der Waals surface area contributed by atoms with Crippen molar-refractivity contribution in [2.45, 2.75) is 26.7 Å². The summed E-state index contributed by atoms with van der Waals surface area (Å²) in [7, 11) is 0. The highest BCUT2D eigenvalue weighted by atomic mass is 16.2. The minimum Gasteiger partial charge on any atom is -0.273 e. The highest BCUT2D eigenvalue weighted by molar-refractivity contribution is 6.39. The van der Waals surface area contributed by atoms with E-state index in [2.05, 4.69) is 19.2 Å². The quantitative estimate of drug-likeness (QED) is 0.678. The molecule has 0 radical (unpaired) electrons. The lowest BCUT2D eigenvalue weighted by atomic mass is 10.0. The Morgan fingerprint density at radius 1 is 0.962 bits per heavy atom. The molecule has 0 unspecified atom stereocenters. The number of hydrogen-bond donors (Lipinski definition) is 1. The number of anilines is 1. The predicted octanol–water partition coefficient (Wildman–Crippen LogP) is 3.78. The highest BCUT2D eigenvalue weighted by Crippen LogP contribution is 2.24. The van der Waals surface area contributed by atoms with Crippen LogP contribution < -0.4 is 10.2 Å². The molecule has 1 N–H and O–H groups in total. The molecular weight excluding hydrogens is 328 g/mol. The first-order chi connectivity index (χ1) is 12.4. The number of rotatable bonds is 3. The van der Waals surface area contributed by atoms with Crippen molar-refractivity contribution in [1.29, 1.82) is 0 Å². The number of nitrogens with one attached hydrogen (secondary N) is 1. The van der Waals surface area contributed by atoms with E-state index in [0.29, 0.717) is 11.6 Å². The van der Waals surface area contributed by atoms with Gasteiger partial charge in [0.05, 0.1) is 5.69 Å². The molecule has 26 heavy (non-hydrogen) atoms. The first kappa shape index (κ1) is 17.6. The standard InChI is InChI=1S/C21H20N2O3/c1-13(2)15-8-10-17(11-9-15)23-20(25)18(19(24)22-21(23)26)12-16-7-5-4-6-14(16)3/h4-13H,1-3H3,(H,22,24,26)/b18-12-. The average Bonchev–Trinajstić information content (AvgIpc) is 2.60. The summed E-state index contributed by atoms with van der Waals surface area (Å²) in [5.74, 6) is -0.967. The molecule has 2 aromatic rings. The highest BCUT2D eigenvalue weighted by Gasteiger charge is 2.36. The van der Waals surface area contributed by atoms with Gasteiger partial charge in [0.15, 0.2) is 0 Å². The molecule has 1 aliphatic heterocycles. The molecule has 0 aromatic heterocycles. The van der Waals surface area contributed by atoms with Crippen molar-refractivity contribution in [2.75, 3.05) is 4.90 Å². The monoisotopic (exact) mass is 348 g/mol. The fourth-order valence-electron chi connectivity index (χ4n) is 2.80. The number of carbonyl (C=O) groups excluding carboxylic acids is 3. The Balaban J connectivity index is 1.99. The number of barbiturate groups is 1. The van der Waals surface area contributed by atoms with Crippen LogP contribution in [-0.4, -0.2) is 17.8 Å². The van der Waals surface area contributed by atoms with Crippen LogP contribution in [0, 0.1) is 6.92 Å². The van der Waals surface area contributed by atoms with Gasteiger partial charge in [-0.15, -0.1) is 0 Å². The van der Waals surface area contributed by atoms with Gasteiger partial charge in [-0.1, -0.05) is 50.2 Å². The molecule has 1 aliphatic rings. The molecule has 2 aromatic carbocycles. The van der Waals surface area contributed by atoms with E-state index in [9.17, 15) is 14.4 Å². The zero-order valence-electron chi connectivity index (χ0n) is 14.9. The second-order valence-corrected chi connectivity index (χ2v) is 6.56. The van der Waals surface area contributed by atoms with Crippen molar-refractivity contribution in [3.8, 4) is 0 Å². The van der Waals surface area contributed by atoms with Crippen molar-refractivity contribution in [3.63, 3.8) is 0 Å². The van der Waals surface area contributed by atoms with Crippen LogP contribution in [0.4, 0.5) is 10.5 Å². The van der Waals surface area contributed by atoms with Crippen molar-refractivity contribution in [2.24, 2.45) is 0 Å². The Kier molecular flexibility index (Phi) is 4.71. The van der Waals surface area contributed by atoms with Gasteiger partial charge in [-0.25, -0.2) is 9.69 Å². The molecule has 5 nitrogen and oxygen atoms in total. The number of imide groups is 2. The third-order valence-corrected chi connectivity index (χ3v) is 4.41. The lowest BCUT2D eigenvalue weighted by Gasteiger charge is -2.26. The first-order valence-electron chi connectivity index (χ1n) is 8.45. The van der Waals surface area contributed by atoms with Gasteiger partial charge in [0.2, 0.25) is 0 Å². The normalized spacial score (nSPS) is 16.4. The molecule has 0 spiro atoms. The molecule has 5 heteroatoms. The van der Waals surface area contributed by atoms with E-state index in [4.69, 9.17) is 0 Å². The third kappa shape index (κ3) is 3.28. The van der Waals surface area contributed by atoms with Gasteiger partial charge in [0.1, 0.15) is 5.57 Å². The maximum absolute atomic E-state index is 12.9. The molecule has 132 valence electrons. The summed E-state index contributed by atoms with van der Waals surface area (Å²) in [5.41, 5.74) is 3.16. The van der Waals surface area contributed by atoms with Gasteiger partial charge in [-0.3, -0.25) is 14.9 Å². The van der Waals surface area contributed by atoms with Crippen LogP contribution in [0.2, 0.25) is 0 Å². The topological polar surface area (TPSA) is 66.5 Å². The minimum atomic E-state index is -0.737. The summed E-state index contributed by atoms with van der Waals surface area (Å²) in [4.78, 5) is 38.3. The predicted molar refractivity (Wildman–Crippen MR) is 101 cm³/mol. The average molecular weight is 348 g/mol. The lowest BCUT2D eigenvalue weighted by Crippen LogP contribution is -2.54. The molecule has 1 heterocycles. The van der Waals surface area contributed by atoms with Crippen LogP contribution in [0.1, 0.15) is 36.5 Å². The Hall–Kier alpha value is -3.21. The van der Waals surface area contributed by atoms with E-state index >= 15 is 0 Å². The van der Waals surface area contributed by atoms with Gasteiger partial charge < -0.3 is 0 Å². The Labute approximate surface area is 152 Å². The summed E-state index contributed by atoms with van der Waals surface area (Å²) >= 11 is 0. The molecule has 0 saturated carbocycles. The summed E-state index contributed by atoms with van der Waals surface area (Å²) in [6.07, 6.45) is 1.52. The fourth-order valence-corrected chi connectivity index (χ4v) is 2.80. The summed E-state index contributed by atoms with van der Waals surface area (Å²) in [6.45, 7) is 6.02. The van der Waals surface area contributed by atoms with Gasteiger partial charge in [-0.2, -0.15) is 0 Å². The number of benzene rings is 2. The fraction of sp³-hybridized carbons (Fsp3) is 0.190. The first-order valence-corrected chi connectivity index (χ1v) is 8.45. The second kappa shape index (κ2) is 6.96. The van der Waals surface area contributed by atoms with Crippen molar-refractivity contribution >= 4 is 29.6 Å². The number of amides is 4. The van der Waals surface area contributed by atoms with Gasteiger partial charge in [0, 0.05) is 0 Å². The second-order valence-electron chi connectivity index (χ2n) is 6.56. The summed E-state index contributed by atoms with van der Waals surface area (Å²) in [5, 5.41) is 2.24. The van der Waals surface area contributed by atoms with Gasteiger partial charge >= 0.3 is 6.03 Å². The van der Waals surface area contributed by atoms with Crippen LogP contribution in [0.3, 0.4) is 0 Å². The number of aryl methyl sites for hydroxylation is 1. The Morgan fingerprint density at radius 3 is 2.23 bits per heavy atom. The molecule has 4 amide bonds. The molecule has 1 fully saturated rings. The maximum atomic E-state index is 12.9. The lowest BCUT2D eigenvalue weighted by molar-refractivity contribution is -0.122.